The molecule has 0 aromatic carbocycles. The molecule has 22 heavy (non-hydrogen) atoms. The maximum Gasteiger partial charge on any atom is 0.371 e. The molecule has 3 aromatic rings. The summed E-state index contributed by atoms with van der Waals surface area (Å²) < 4.78 is 5.16. The number of nitrogens with zero attached hydrogens (tertiary/aromatic N) is 1. The van der Waals surface area contributed by atoms with E-state index in [9.17, 15) is 9.59 Å². The predicted molar refractivity (Wildman–Crippen MR) is 83.4 cm³/mol. The van der Waals surface area contributed by atoms with Gasteiger partial charge in [0.15, 0.2) is 5.16 Å². The molecule has 0 radical (unpaired) electrons. The highest BCUT2D eigenvalue weighted by Gasteiger charge is 2.10. The van der Waals surface area contributed by atoms with Crippen LogP contribution in [0.4, 0.5) is 0 Å². The number of hydrogen-bond donors (Lipinski definition) is 2. The summed E-state index contributed by atoms with van der Waals surface area (Å²) in [6.07, 6.45) is 0. The van der Waals surface area contributed by atoms with Gasteiger partial charge in [-0.1, -0.05) is 17.8 Å². The van der Waals surface area contributed by atoms with E-state index in [2.05, 4.69) is 9.97 Å². The maximum absolute atomic E-state index is 11.7. The lowest BCUT2D eigenvalue weighted by Gasteiger charge is -2.01. The van der Waals surface area contributed by atoms with Crippen LogP contribution in [0.15, 0.2) is 50.1 Å². The Kier molecular flexibility index (Phi) is 4.12. The Morgan fingerprint density at radius 2 is 2.27 bits per heavy atom. The van der Waals surface area contributed by atoms with Gasteiger partial charge in [0.25, 0.3) is 5.56 Å². The van der Waals surface area contributed by atoms with Crippen molar-refractivity contribution in [1.29, 1.82) is 0 Å². The first-order valence-electron chi connectivity index (χ1n) is 6.22. The Morgan fingerprint density at radius 3 is 2.95 bits per heavy atom. The minimum absolute atomic E-state index is 0.107. The van der Waals surface area contributed by atoms with Crippen molar-refractivity contribution in [2.24, 2.45) is 0 Å². The Morgan fingerprint density at radius 1 is 1.41 bits per heavy atom. The highest BCUT2D eigenvalue weighted by Crippen LogP contribution is 2.25. The van der Waals surface area contributed by atoms with Crippen molar-refractivity contribution < 1.29 is 14.3 Å². The van der Waals surface area contributed by atoms with Crippen LogP contribution in [-0.4, -0.2) is 21.0 Å². The molecule has 0 spiro atoms. The molecular weight excluding hydrogens is 324 g/mol. The molecule has 0 aliphatic rings. The third kappa shape index (κ3) is 3.29. The third-order valence-corrected chi connectivity index (χ3v) is 4.51. The van der Waals surface area contributed by atoms with Gasteiger partial charge in [0, 0.05) is 6.07 Å². The van der Waals surface area contributed by atoms with E-state index < -0.39 is 5.97 Å². The second-order valence-corrected chi connectivity index (χ2v) is 6.18. The number of carbonyl (C=O) groups is 1. The molecule has 3 rings (SSSR count). The molecule has 112 valence electrons. The molecular formula is C14H10N2O4S2. The number of thioether (sulfide) groups is 1. The van der Waals surface area contributed by atoms with Gasteiger partial charge in [-0.25, -0.2) is 9.78 Å². The molecule has 0 amide bonds. The van der Waals surface area contributed by atoms with E-state index >= 15 is 0 Å². The number of rotatable bonds is 5. The predicted octanol–water partition coefficient (Wildman–Crippen LogP) is 3.08. The molecule has 0 unspecified atom stereocenters. The van der Waals surface area contributed by atoms with Crippen molar-refractivity contribution in [3.63, 3.8) is 0 Å². The first-order chi connectivity index (χ1) is 10.6. The van der Waals surface area contributed by atoms with Gasteiger partial charge in [-0.15, -0.1) is 11.3 Å². The van der Waals surface area contributed by atoms with Crippen LogP contribution < -0.4 is 5.56 Å². The molecule has 3 heterocycles. The lowest BCUT2D eigenvalue weighted by Crippen LogP contribution is -2.07. The van der Waals surface area contributed by atoms with Crippen LogP contribution in [0.1, 0.15) is 16.3 Å². The lowest BCUT2D eigenvalue weighted by molar-refractivity contribution is 0.0661. The fourth-order valence-electron chi connectivity index (χ4n) is 1.76. The quantitative estimate of drug-likeness (QED) is 0.550. The van der Waals surface area contributed by atoms with E-state index in [0.717, 1.165) is 4.88 Å². The first kappa shape index (κ1) is 14.6. The molecule has 2 N–H and O–H groups in total. The van der Waals surface area contributed by atoms with E-state index in [1.54, 1.807) is 6.07 Å². The average Bonchev–Trinajstić information content (AvgIpc) is 3.16. The van der Waals surface area contributed by atoms with Crippen LogP contribution in [0.25, 0.3) is 10.6 Å². The van der Waals surface area contributed by atoms with Gasteiger partial charge in [0.05, 0.1) is 16.3 Å². The van der Waals surface area contributed by atoms with E-state index in [4.69, 9.17) is 9.52 Å². The number of carboxylic acid groups (broad SMARTS) is 1. The minimum Gasteiger partial charge on any atom is -0.475 e. The van der Waals surface area contributed by atoms with E-state index in [1.165, 1.54) is 35.2 Å². The van der Waals surface area contributed by atoms with Gasteiger partial charge in [0.2, 0.25) is 5.76 Å². The molecule has 0 atom stereocenters. The van der Waals surface area contributed by atoms with Crippen molar-refractivity contribution >= 4 is 29.1 Å². The van der Waals surface area contributed by atoms with Crippen LogP contribution in [-0.2, 0) is 5.75 Å². The number of H-pyrrole nitrogens is 1. The van der Waals surface area contributed by atoms with Crippen LogP contribution in [0, 0.1) is 0 Å². The molecule has 0 aliphatic carbocycles. The van der Waals surface area contributed by atoms with Crippen molar-refractivity contribution in [3.05, 3.63) is 57.6 Å². The maximum atomic E-state index is 11.7. The zero-order valence-electron chi connectivity index (χ0n) is 11.1. The summed E-state index contributed by atoms with van der Waals surface area (Å²) in [5.74, 6) is -0.331. The fourth-order valence-corrected chi connectivity index (χ4v) is 3.22. The van der Waals surface area contributed by atoms with Gasteiger partial charge < -0.3 is 14.5 Å². The van der Waals surface area contributed by atoms with Gasteiger partial charge in [0.1, 0.15) is 5.76 Å². The van der Waals surface area contributed by atoms with Gasteiger partial charge in [-0.2, -0.15) is 0 Å². The Labute approximate surface area is 132 Å². The number of aromatic nitrogens is 2. The Balaban J connectivity index is 1.77. The highest BCUT2D eigenvalue weighted by atomic mass is 32.2. The normalized spacial score (nSPS) is 10.7. The SMILES string of the molecule is O=C(O)c1ccc(CSc2nc(-c3cccs3)cc(=O)[nH]2)o1. The molecule has 8 heteroatoms. The summed E-state index contributed by atoms with van der Waals surface area (Å²) in [7, 11) is 0. The van der Waals surface area contributed by atoms with Crippen LogP contribution in [0.5, 0.6) is 0 Å². The van der Waals surface area contributed by atoms with E-state index in [1.807, 2.05) is 17.5 Å². The van der Waals surface area contributed by atoms with Crippen molar-refractivity contribution in [1.82, 2.24) is 9.97 Å². The van der Waals surface area contributed by atoms with E-state index in [0.29, 0.717) is 22.4 Å². The third-order valence-electron chi connectivity index (χ3n) is 2.72. The number of nitrogens with one attached hydrogen (secondary N) is 1. The largest absolute Gasteiger partial charge is 0.475 e. The van der Waals surface area contributed by atoms with E-state index in [-0.39, 0.29) is 11.3 Å². The summed E-state index contributed by atoms with van der Waals surface area (Å²) in [6.45, 7) is 0. The number of hydrogen-bond acceptors (Lipinski definition) is 6. The number of carboxylic acids is 1. The van der Waals surface area contributed by atoms with Crippen molar-refractivity contribution in [2.75, 3.05) is 0 Å². The summed E-state index contributed by atoms with van der Waals surface area (Å²) in [6, 6.07) is 8.23. The van der Waals surface area contributed by atoms with Crippen LogP contribution in [0.2, 0.25) is 0 Å². The zero-order chi connectivity index (χ0) is 15.5. The van der Waals surface area contributed by atoms with Gasteiger partial charge in [-0.3, -0.25) is 4.79 Å². The second-order valence-electron chi connectivity index (χ2n) is 4.27. The smallest absolute Gasteiger partial charge is 0.371 e. The number of thiophene rings is 1. The molecule has 0 bridgehead atoms. The van der Waals surface area contributed by atoms with Crippen molar-refractivity contribution in [2.45, 2.75) is 10.9 Å². The van der Waals surface area contributed by atoms with Crippen LogP contribution in [0.3, 0.4) is 0 Å². The Hall–Kier alpha value is -2.32. The molecule has 0 saturated heterocycles. The monoisotopic (exact) mass is 334 g/mol. The van der Waals surface area contributed by atoms with Gasteiger partial charge in [-0.05, 0) is 23.6 Å². The molecule has 0 aliphatic heterocycles. The minimum atomic E-state index is -1.11. The van der Waals surface area contributed by atoms with Crippen LogP contribution >= 0.6 is 23.1 Å². The number of furan rings is 1. The highest BCUT2D eigenvalue weighted by molar-refractivity contribution is 7.98. The second kappa shape index (κ2) is 6.20. The number of aromatic carboxylic acids is 1. The summed E-state index contributed by atoms with van der Waals surface area (Å²) >= 11 is 2.78. The van der Waals surface area contributed by atoms with Gasteiger partial charge >= 0.3 is 5.97 Å². The summed E-state index contributed by atoms with van der Waals surface area (Å²) in [5, 5.41) is 11.2. The standard InChI is InChI=1S/C14H10N2O4S2/c17-12-6-9(11-2-1-5-21-11)15-14(16-12)22-7-8-3-4-10(20-8)13(18)19/h1-6H,7H2,(H,18,19)(H,15,16,17). The zero-order valence-corrected chi connectivity index (χ0v) is 12.7. The summed E-state index contributed by atoms with van der Waals surface area (Å²) in [4.78, 5) is 30.4. The molecule has 3 aromatic heterocycles. The molecule has 0 fully saturated rings. The summed E-state index contributed by atoms with van der Waals surface area (Å²) in [5.41, 5.74) is 0.387. The first-order valence-corrected chi connectivity index (χ1v) is 8.08. The lowest BCUT2D eigenvalue weighted by atomic mass is 10.3. The Bertz CT molecular complexity index is 852. The fraction of sp³-hybridized carbons (Fsp3) is 0.0714. The van der Waals surface area contributed by atoms with Crippen molar-refractivity contribution in [3.8, 4) is 10.6 Å². The average molecular weight is 334 g/mol. The molecule has 6 nitrogen and oxygen atoms in total. The number of aromatic amines is 1. The molecule has 0 saturated carbocycles. The topological polar surface area (TPSA) is 96.2 Å².